The average Bonchev–Trinajstić information content (AvgIpc) is 3.16. The van der Waals surface area contributed by atoms with Crippen molar-refractivity contribution in [2.24, 2.45) is 0 Å². The van der Waals surface area contributed by atoms with E-state index in [4.69, 9.17) is 9.47 Å². The molecule has 2 aromatic heterocycles. The fourth-order valence-electron chi connectivity index (χ4n) is 3.79. The van der Waals surface area contributed by atoms with Crippen molar-refractivity contribution in [1.82, 2.24) is 25.1 Å². The molecule has 158 valence electrons. The lowest BCUT2D eigenvalue weighted by molar-refractivity contribution is -0.00537. The highest BCUT2D eigenvalue weighted by Gasteiger charge is 2.25. The maximum absolute atomic E-state index is 12.4. The second-order valence-corrected chi connectivity index (χ2v) is 7.45. The van der Waals surface area contributed by atoms with Crippen molar-refractivity contribution < 1.29 is 14.3 Å². The molecule has 0 aliphatic carbocycles. The molecule has 1 aliphatic rings. The summed E-state index contributed by atoms with van der Waals surface area (Å²) in [5.74, 6) is 1.36. The van der Waals surface area contributed by atoms with Crippen LogP contribution in [0.1, 0.15) is 24.2 Å². The van der Waals surface area contributed by atoms with Crippen LogP contribution in [0.25, 0.3) is 11.0 Å². The number of ether oxygens (including phenoxy) is 2. The number of rotatable bonds is 6. The average molecular weight is 410 g/mol. The zero-order valence-electron chi connectivity index (χ0n) is 17.4. The van der Waals surface area contributed by atoms with E-state index in [-0.39, 0.29) is 18.1 Å². The van der Waals surface area contributed by atoms with E-state index in [0.717, 1.165) is 29.9 Å². The first-order chi connectivity index (χ1) is 14.5. The monoisotopic (exact) mass is 410 g/mol. The van der Waals surface area contributed by atoms with Crippen molar-refractivity contribution in [3.05, 3.63) is 42.4 Å². The van der Waals surface area contributed by atoms with E-state index in [0.29, 0.717) is 24.4 Å². The lowest BCUT2D eigenvalue weighted by Crippen LogP contribution is -2.45. The number of nitrogens with one attached hydrogen (secondary N) is 1. The third-order valence-electron chi connectivity index (χ3n) is 5.07. The van der Waals surface area contributed by atoms with Gasteiger partial charge in [0.2, 0.25) is 0 Å². The lowest BCUT2D eigenvalue weighted by Gasteiger charge is -2.36. The Morgan fingerprint density at radius 2 is 2.07 bits per heavy atom. The molecule has 3 aromatic rings. The molecule has 2 atom stereocenters. The van der Waals surface area contributed by atoms with E-state index in [9.17, 15) is 4.79 Å². The second kappa shape index (κ2) is 8.66. The zero-order chi connectivity index (χ0) is 21.1. The van der Waals surface area contributed by atoms with Crippen LogP contribution < -0.4 is 15.0 Å². The third kappa shape index (κ3) is 4.20. The molecule has 1 saturated heterocycles. The topological polar surface area (TPSA) is 94.4 Å². The number of carbonyl (C=O) groups excluding carboxylic acids is 1. The number of methoxy groups -OCH3 is 1. The number of aromatic nitrogens is 4. The Hall–Kier alpha value is -3.20. The van der Waals surface area contributed by atoms with E-state index in [1.54, 1.807) is 48.6 Å². The van der Waals surface area contributed by atoms with E-state index in [2.05, 4.69) is 39.1 Å². The van der Waals surface area contributed by atoms with Gasteiger partial charge >= 0.3 is 0 Å². The van der Waals surface area contributed by atoms with Crippen molar-refractivity contribution in [3.63, 3.8) is 0 Å². The quantitative estimate of drug-likeness (QED) is 0.663. The minimum absolute atomic E-state index is 0.139. The van der Waals surface area contributed by atoms with Crippen LogP contribution >= 0.6 is 0 Å². The van der Waals surface area contributed by atoms with Gasteiger partial charge in [0.25, 0.3) is 5.91 Å². The summed E-state index contributed by atoms with van der Waals surface area (Å²) in [5.41, 5.74) is 1.31. The number of hydrogen-bond acceptors (Lipinski definition) is 7. The summed E-state index contributed by atoms with van der Waals surface area (Å²) >= 11 is 0. The number of nitrogens with zero attached hydrogens (tertiary/aromatic N) is 5. The maximum Gasteiger partial charge on any atom is 0.251 e. The molecule has 9 heteroatoms. The Labute approximate surface area is 175 Å². The van der Waals surface area contributed by atoms with Gasteiger partial charge in [-0.15, -0.1) is 0 Å². The minimum atomic E-state index is -0.156. The van der Waals surface area contributed by atoms with Gasteiger partial charge in [0, 0.05) is 25.2 Å². The fourth-order valence-corrected chi connectivity index (χ4v) is 3.79. The maximum atomic E-state index is 12.4. The number of carbonyl (C=O) groups is 1. The largest absolute Gasteiger partial charge is 0.497 e. The lowest BCUT2D eigenvalue weighted by atomic mass is 10.2. The Morgan fingerprint density at radius 3 is 2.83 bits per heavy atom. The van der Waals surface area contributed by atoms with Crippen LogP contribution in [0.15, 0.2) is 36.8 Å². The molecular weight excluding hydrogens is 384 g/mol. The first-order valence-corrected chi connectivity index (χ1v) is 10.0. The molecular formula is C21H26N6O3. The van der Waals surface area contributed by atoms with Gasteiger partial charge in [-0.2, -0.15) is 5.10 Å². The molecule has 0 saturated carbocycles. The van der Waals surface area contributed by atoms with E-state index in [1.807, 2.05) is 0 Å². The summed E-state index contributed by atoms with van der Waals surface area (Å²) in [5, 5.41) is 8.29. The highest BCUT2D eigenvalue weighted by Crippen LogP contribution is 2.25. The number of fused-ring (bicyclic) bond motifs is 1. The van der Waals surface area contributed by atoms with Crippen molar-refractivity contribution in [2.45, 2.75) is 32.6 Å². The zero-order valence-corrected chi connectivity index (χ0v) is 17.4. The summed E-state index contributed by atoms with van der Waals surface area (Å²) in [6.45, 7) is 6.62. The van der Waals surface area contributed by atoms with Crippen molar-refractivity contribution in [3.8, 4) is 5.75 Å². The third-order valence-corrected chi connectivity index (χ3v) is 5.07. The molecule has 1 aromatic carbocycles. The SMILES string of the molecule is COc1cccc(C(=O)NCCn2ncc3c(N4CC(C)OC(C)C4)ncnc32)c1. The highest BCUT2D eigenvalue weighted by atomic mass is 16.5. The summed E-state index contributed by atoms with van der Waals surface area (Å²) in [6, 6.07) is 7.06. The van der Waals surface area contributed by atoms with Crippen molar-refractivity contribution in [1.29, 1.82) is 0 Å². The smallest absolute Gasteiger partial charge is 0.251 e. The molecule has 1 N–H and O–H groups in total. The summed E-state index contributed by atoms with van der Waals surface area (Å²) in [7, 11) is 1.58. The number of benzene rings is 1. The Kier molecular flexibility index (Phi) is 5.80. The predicted octanol–water partition coefficient (Wildman–Crippen LogP) is 1.88. The van der Waals surface area contributed by atoms with Gasteiger partial charge in [0.05, 0.1) is 37.4 Å². The predicted molar refractivity (Wildman–Crippen MR) is 113 cm³/mol. The van der Waals surface area contributed by atoms with Gasteiger partial charge in [-0.1, -0.05) is 6.07 Å². The highest BCUT2D eigenvalue weighted by molar-refractivity contribution is 5.94. The van der Waals surface area contributed by atoms with Crippen molar-refractivity contribution in [2.75, 3.05) is 31.6 Å². The molecule has 0 spiro atoms. The van der Waals surface area contributed by atoms with Crippen molar-refractivity contribution >= 4 is 22.8 Å². The van der Waals surface area contributed by atoms with E-state index >= 15 is 0 Å². The van der Waals surface area contributed by atoms with Gasteiger partial charge in [-0.25, -0.2) is 14.6 Å². The molecule has 1 fully saturated rings. The van der Waals surface area contributed by atoms with Crippen LogP contribution in [-0.4, -0.2) is 64.6 Å². The summed E-state index contributed by atoms with van der Waals surface area (Å²) in [4.78, 5) is 23.5. The van der Waals surface area contributed by atoms with E-state index in [1.165, 1.54) is 0 Å². The van der Waals surface area contributed by atoms with Crippen LogP contribution in [0.3, 0.4) is 0 Å². The second-order valence-electron chi connectivity index (χ2n) is 7.45. The fraction of sp³-hybridized carbons (Fsp3) is 0.429. The van der Waals surface area contributed by atoms with Gasteiger partial charge in [0.1, 0.15) is 17.9 Å². The molecule has 0 radical (unpaired) electrons. The molecule has 9 nitrogen and oxygen atoms in total. The standard InChI is InChI=1S/C21H26N6O3/c1-14-11-26(12-15(2)30-14)19-18-10-25-27(20(18)24-13-23-19)8-7-22-21(28)16-5-4-6-17(9-16)29-3/h4-6,9-10,13-15H,7-8,11-12H2,1-3H3,(H,22,28). The van der Waals surface area contributed by atoms with Gasteiger partial charge < -0.3 is 19.7 Å². The van der Waals surface area contributed by atoms with Crippen LogP contribution in [0, 0.1) is 0 Å². The summed E-state index contributed by atoms with van der Waals surface area (Å²) < 4.78 is 12.8. The van der Waals surface area contributed by atoms with Crippen LogP contribution in [0.4, 0.5) is 5.82 Å². The molecule has 2 unspecified atom stereocenters. The molecule has 1 amide bonds. The van der Waals surface area contributed by atoms with Gasteiger partial charge in [0.15, 0.2) is 5.65 Å². The molecule has 0 bridgehead atoms. The molecule has 30 heavy (non-hydrogen) atoms. The first kappa shape index (κ1) is 20.1. The minimum Gasteiger partial charge on any atom is -0.497 e. The Bertz CT molecular complexity index is 1030. The van der Waals surface area contributed by atoms with Crippen LogP contribution in [-0.2, 0) is 11.3 Å². The molecule has 4 rings (SSSR count). The number of amides is 1. The van der Waals surface area contributed by atoms with Crippen LogP contribution in [0.2, 0.25) is 0 Å². The van der Waals surface area contributed by atoms with Crippen LogP contribution in [0.5, 0.6) is 5.75 Å². The number of hydrogen-bond donors (Lipinski definition) is 1. The molecule has 3 heterocycles. The molecule has 1 aliphatic heterocycles. The summed E-state index contributed by atoms with van der Waals surface area (Å²) in [6.07, 6.45) is 3.63. The number of anilines is 1. The van der Waals surface area contributed by atoms with Gasteiger partial charge in [-0.05, 0) is 32.0 Å². The normalized spacial score (nSPS) is 19.1. The Balaban J connectivity index is 1.45. The van der Waals surface area contributed by atoms with Gasteiger partial charge in [-0.3, -0.25) is 4.79 Å². The Morgan fingerprint density at radius 1 is 1.27 bits per heavy atom. The number of morpholine rings is 1. The first-order valence-electron chi connectivity index (χ1n) is 10.0. The van der Waals surface area contributed by atoms with E-state index < -0.39 is 0 Å².